The van der Waals surface area contributed by atoms with Crippen LogP contribution in [0.25, 0.3) is 38.6 Å². The maximum absolute atomic E-state index is 12.5. The van der Waals surface area contributed by atoms with Crippen molar-refractivity contribution in [3.05, 3.63) is 95.2 Å². The second-order valence-electron chi connectivity index (χ2n) is 9.81. The summed E-state index contributed by atoms with van der Waals surface area (Å²) in [6.45, 7) is 0. The van der Waals surface area contributed by atoms with Gasteiger partial charge in [0.25, 0.3) is 5.78 Å². The minimum absolute atomic E-state index is 0.130. The van der Waals surface area contributed by atoms with Crippen LogP contribution in [0.4, 0.5) is 0 Å². The van der Waals surface area contributed by atoms with Gasteiger partial charge in [-0.2, -0.15) is 0 Å². The Kier molecular flexibility index (Phi) is 4.34. The van der Waals surface area contributed by atoms with Gasteiger partial charge in [0.15, 0.2) is 16.6 Å². The number of carbonyl (C=O) groups is 2. The minimum Gasteiger partial charge on any atom is -0.287 e. The maximum Gasteiger partial charge on any atom is 0.374 e. The van der Waals surface area contributed by atoms with Gasteiger partial charge in [-0.1, -0.05) is 63.4 Å². The summed E-state index contributed by atoms with van der Waals surface area (Å²) in [5, 5.41) is 34.6. The lowest BCUT2D eigenvalue weighted by molar-refractivity contribution is -0.623. The van der Waals surface area contributed by atoms with E-state index in [0.717, 1.165) is 32.7 Å². The number of Topliss-reactive ketones (excluding diaryl/α,β-unsaturated/α-hetero) is 1. The zero-order valence-electron chi connectivity index (χ0n) is 21.2. The second-order valence-corrected chi connectivity index (χ2v) is 9.81. The number of tetrazole rings is 1. The topological polar surface area (TPSA) is 168 Å². The van der Waals surface area contributed by atoms with Crippen molar-refractivity contribution in [3.63, 3.8) is 0 Å². The number of hydrazone groups is 1. The van der Waals surface area contributed by atoms with Gasteiger partial charge in [-0.15, -0.1) is 5.10 Å². The molecule has 4 heterocycles. The molecule has 1 atom stereocenters. The number of nitrogens with zero attached hydrogens (tertiary/aromatic N) is 12. The normalized spacial score (nSPS) is 17.2. The van der Waals surface area contributed by atoms with E-state index in [1.54, 1.807) is 0 Å². The lowest BCUT2D eigenvalue weighted by Crippen LogP contribution is -2.28. The van der Waals surface area contributed by atoms with Crippen molar-refractivity contribution < 1.29 is 14.4 Å². The molecule has 0 amide bonds. The molecule has 0 spiro atoms. The first kappa shape index (κ1) is 22.5. The molecule has 2 aromatic heterocycles. The van der Waals surface area contributed by atoms with Gasteiger partial charge in [0, 0.05) is 32.2 Å². The van der Waals surface area contributed by atoms with E-state index in [2.05, 4.69) is 51.3 Å². The van der Waals surface area contributed by atoms with Gasteiger partial charge in [0.05, 0.1) is 0 Å². The first-order chi connectivity index (χ1) is 20.6. The van der Waals surface area contributed by atoms with E-state index in [9.17, 15) is 9.59 Å². The van der Waals surface area contributed by atoms with Crippen LogP contribution in [-0.4, -0.2) is 64.3 Å². The number of hydrogen-bond acceptors (Lipinski definition) is 12. The van der Waals surface area contributed by atoms with Crippen LogP contribution in [0.15, 0.2) is 98.5 Å². The first-order valence-corrected chi connectivity index (χ1v) is 12.8. The molecule has 4 aromatic carbocycles. The summed E-state index contributed by atoms with van der Waals surface area (Å²) in [6.07, 6.45) is -0.589. The molecule has 6 aromatic rings. The molecule has 0 fully saturated rings. The highest BCUT2D eigenvalue weighted by Gasteiger charge is 2.42. The highest BCUT2D eigenvalue weighted by molar-refractivity contribution is 6.78. The van der Waals surface area contributed by atoms with Crippen molar-refractivity contribution >= 4 is 50.3 Å². The molecule has 42 heavy (non-hydrogen) atoms. The average molecular weight is 549 g/mol. The van der Waals surface area contributed by atoms with Crippen LogP contribution >= 0.6 is 0 Å². The Bertz CT molecular complexity index is 2370. The fourth-order valence-corrected chi connectivity index (χ4v) is 5.48. The summed E-state index contributed by atoms with van der Waals surface area (Å²) >= 11 is 0. The van der Waals surface area contributed by atoms with Gasteiger partial charge in [0.1, 0.15) is 11.4 Å². The van der Waals surface area contributed by atoms with Crippen molar-refractivity contribution in [2.24, 2.45) is 25.7 Å². The molecular weight excluding hydrogens is 536 g/mol. The predicted molar refractivity (Wildman–Crippen MR) is 146 cm³/mol. The van der Waals surface area contributed by atoms with Gasteiger partial charge in [-0.3, -0.25) is 9.59 Å². The summed E-state index contributed by atoms with van der Waals surface area (Å²) in [5.74, 6) is 0.00765. The molecule has 0 bridgehead atoms. The van der Waals surface area contributed by atoms with Crippen molar-refractivity contribution in [2.75, 3.05) is 0 Å². The van der Waals surface area contributed by atoms with Crippen molar-refractivity contribution in [2.45, 2.75) is 6.29 Å². The fraction of sp³-hybridized carbons (Fsp3) is 0.0357. The van der Waals surface area contributed by atoms with E-state index in [1.165, 1.54) is 9.44 Å². The van der Waals surface area contributed by atoms with Crippen LogP contribution in [0.2, 0.25) is 0 Å². The monoisotopic (exact) mass is 549 g/mol. The van der Waals surface area contributed by atoms with Crippen molar-refractivity contribution in [1.29, 1.82) is 0 Å². The van der Waals surface area contributed by atoms with Gasteiger partial charge in [0.2, 0.25) is 16.8 Å². The number of aliphatic imine (C=N–C) groups is 1. The first-order valence-electron chi connectivity index (χ1n) is 12.8. The molecule has 2 aliphatic heterocycles. The lowest BCUT2D eigenvalue weighted by Gasteiger charge is -2.06. The number of benzene rings is 4. The van der Waals surface area contributed by atoms with Crippen LogP contribution in [-0.2, 0) is 0 Å². The summed E-state index contributed by atoms with van der Waals surface area (Å²) in [6, 6.07) is 23.5. The second kappa shape index (κ2) is 8.11. The molecule has 2 aliphatic carbocycles. The van der Waals surface area contributed by atoms with E-state index in [4.69, 9.17) is 0 Å². The van der Waals surface area contributed by atoms with Crippen LogP contribution in [0, 0.1) is 0 Å². The minimum atomic E-state index is -0.589. The predicted octanol–water partition coefficient (Wildman–Crippen LogP) is 3.60. The number of rotatable bonds is 0. The Morgan fingerprint density at radius 1 is 0.714 bits per heavy atom. The van der Waals surface area contributed by atoms with Crippen molar-refractivity contribution in [1.82, 2.24) is 30.2 Å². The summed E-state index contributed by atoms with van der Waals surface area (Å²) in [5.41, 5.74) is 4.56. The zero-order chi connectivity index (χ0) is 27.9. The van der Waals surface area contributed by atoms with E-state index < -0.39 is 6.29 Å². The quantitative estimate of drug-likeness (QED) is 0.260. The van der Waals surface area contributed by atoms with Crippen molar-refractivity contribution in [3.8, 4) is 11.3 Å². The lowest BCUT2D eigenvalue weighted by atomic mass is 10.0. The van der Waals surface area contributed by atoms with Gasteiger partial charge < -0.3 is 0 Å². The number of carbonyl (C=O) groups excluding carboxylic acids is 2. The molecule has 0 radical (unpaired) electrons. The molecule has 0 saturated heterocycles. The maximum atomic E-state index is 12.5. The van der Waals surface area contributed by atoms with Gasteiger partial charge >= 0.3 is 6.29 Å². The smallest absolute Gasteiger partial charge is 0.287 e. The van der Waals surface area contributed by atoms with E-state index in [-0.39, 0.29) is 17.3 Å². The zero-order valence-corrected chi connectivity index (χ0v) is 21.2. The molecule has 196 valence electrons. The molecule has 14 heteroatoms. The molecular formula is C28H13N12O2+. The van der Waals surface area contributed by atoms with Crippen LogP contribution in [0.5, 0.6) is 0 Å². The molecule has 4 aliphatic rings. The highest BCUT2D eigenvalue weighted by atomic mass is 16.1. The van der Waals surface area contributed by atoms with Crippen LogP contribution in [0.1, 0.15) is 32.0 Å². The van der Waals surface area contributed by atoms with Crippen LogP contribution in [0.3, 0.4) is 0 Å². The largest absolute Gasteiger partial charge is 0.374 e. The van der Waals surface area contributed by atoms with Gasteiger partial charge in [-0.05, 0) is 56.2 Å². The third-order valence-electron chi connectivity index (χ3n) is 7.43. The summed E-state index contributed by atoms with van der Waals surface area (Å²) in [4.78, 5) is 35.1. The van der Waals surface area contributed by atoms with Gasteiger partial charge in [-0.25, -0.2) is 9.98 Å². The summed E-state index contributed by atoms with van der Waals surface area (Å²) < 4.78 is 1.17. The number of ketones is 2. The molecule has 1 unspecified atom stereocenters. The summed E-state index contributed by atoms with van der Waals surface area (Å²) in [7, 11) is 0. The SMILES string of the molecule is O=C1C2=N[N+]3=NN=NC3N=C2c2cc3ccccc3cc21.O=C1c2cc3ccccc3cc2-c2nc3nnnn3nc21. The Balaban J connectivity index is 0.000000119. The number of aromatic nitrogens is 6. The van der Waals surface area contributed by atoms with E-state index in [1.807, 2.05) is 72.8 Å². The highest BCUT2D eigenvalue weighted by Crippen LogP contribution is 2.36. The Morgan fingerprint density at radius 2 is 1.36 bits per heavy atom. The fourth-order valence-electron chi connectivity index (χ4n) is 5.48. The van der Waals surface area contributed by atoms with E-state index >= 15 is 0 Å². The molecule has 0 N–H and O–H groups in total. The third kappa shape index (κ3) is 3.10. The standard InChI is InChI=1S/C14H7N6O.C14H6N6O/c2*21-13-10-6-8-4-2-1-3-7(8)5-9(10)11-12(13)17-20-14(15-11)16-18-19-20/h1-6,14H;1-6H/q+1;. The molecule has 14 nitrogen and oxygen atoms in total. The Labute approximate surface area is 233 Å². The van der Waals surface area contributed by atoms with Crippen LogP contribution < -0.4 is 0 Å². The number of hydrogen-bond donors (Lipinski definition) is 0. The third-order valence-corrected chi connectivity index (χ3v) is 7.43. The molecule has 10 rings (SSSR count). The Morgan fingerprint density at radius 3 is 2.07 bits per heavy atom. The molecule has 0 saturated carbocycles. The van der Waals surface area contributed by atoms with E-state index in [0.29, 0.717) is 33.9 Å². The number of fused-ring (bicyclic) bond motifs is 10. The average Bonchev–Trinajstić information content (AvgIpc) is 3.80. The Hall–Kier alpha value is -6.31.